The molecule has 0 amide bonds. The van der Waals surface area contributed by atoms with Gasteiger partial charge in [-0.25, -0.2) is 13.2 Å². The van der Waals surface area contributed by atoms with Crippen molar-refractivity contribution in [2.45, 2.75) is 37.3 Å². The fourth-order valence-corrected chi connectivity index (χ4v) is 4.06. The third-order valence-corrected chi connectivity index (χ3v) is 5.80. The second-order valence-electron chi connectivity index (χ2n) is 7.65. The second-order valence-corrected chi connectivity index (χ2v) is 7.65. The van der Waals surface area contributed by atoms with Gasteiger partial charge in [0, 0.05) is 11.9 Å². The van der Waals surface area contributed by atoms with Crippen LogP contribution in [-0.4, -0.2) is 33.0 Å². The SMILES string of the molecule is N#CC1CCCC1n1nc(Nc2ccc(C(O)(CF)C(F)F)cc2)c2c(=O)[nH]ccc21. The van der Waals surface area contributed by atoms with E-state index in [0.717, 1.165) is 19.3 Å². The van der Waals surface area contributed by atoms with Crippen molar-refractivity contribution < 1.29 is 18.3 Å². The number of nitriles is 1. The molecule has 1 aliphatic carbocycles. The zero-order valence-corrected chi connectivity index (χ0v) is 16.4. The van der Waals surface area contributed by atoms with E-state index in [1.807, 2.05) is 0 Å². The fourth-order valence-electron chi connectivity index (χ4n) is 4.06. The summed E-state index contributed by atoms with van der Waals surface area (Å²) in [7, 11) is 0. The van der Waals surface area contributed by atoms with Gasteiger partial charge in [0.2, 0.25) is 0 Å². The molecule has 0 spiro atoms. The lowest BCUT2D eigenvalue weighted by Crippen LogP contribution is -2.36. The third kappa shape index (κ3) is 3.55. The molecule has 10 heteroatoms. The van der Waals surface area contributed by atoms with Crippen LogP contribution in [0.1, 0.15) is 30.9 Å². The molecule has 0 aliphatic heterocycles. The lowest BCUT2D eigenvalue weighted by Gasteiger charge is -2.24. The van der Waals surface area contributed by atoms with Crippen molar-refractivity contribution in [1.29, 1.82) is 5.26 Å². The average Bonchev–Trinajstić information content (AvgIpc) is 3.38. The van der Waals surface area contributed by atoms with Gasteiger partial charge in [0.05, 0.1) is 23.5 Å². The summed E-state index contributed by atoms with van der Waals surface area (Å²) >= 11 is 0. The summed E-state index contributed by atoms with van der Waals surface area (Å²) in [5.74, 6) is 0.0463. The number of hydrogen-bond acceptors (Lipinski definition) is 5. The Bertz CT molecular complexity index is 1180. The van der Waals surface area contributed by atoms with E-state index in [9.17, 15) is 28.3 Å². The molecule has 2 aromatic heterocycles. The van der Waals surface area contributed by atoms with Gasteiger partial charge in [0.1, 0.15) is 12.1 Å². The predicted molar refractivity (Wildman–Crippen MR) is 108 cm³/mol. The van der Waals surface area contributed by atoms with Gasteiger partial charge in [-0.2, -0.15) is 10.4 Å². The van der Waals surface area contributed by atoms with Crippen LogP contribution in [-0.2, 0) is 5.60 Å². The van der Waals surface area contributed by atoms with Crippen molar-refractivity contribution in [3.8, 4) is 6.07 Å². The number of nitrogens with zero attached hydrogens (tertiary/aromatic N) is 3. The number of H-pyrrole nitrogens is 1. The normalized spacial score (nSPS) is 20.6. The Balaban J connectivity index is 1.71. The number of aromatic nitrogens is 3. The molecule has 0 bridgehead atoms. The smallest absolute Gasteiger partial charge is 0.273 e. The van der Waals surface area contributed by atoms with Crippen molar-refractivity contribution in [2.24, 2.45) is 5.92 Å². The van der Waals surface area contributed by atoms with Crippen molar-refractivity contribution in [1.82, 2.24) is 14.8 Å². The monoisotopic (exact) mass is 431 g/mol. The maximum Gasteiger partial charge on any atom is 0.273 e. The third-order valence-electron chi connectivity index (χ3n) is 5.80. The Kier molecular flexibility index (Phi) is 5.45. The minimum atomic E-state index is -3.28. The Morgan fingerprint density at radius 1 is 1.32 bits per heavy atom. The van der Waals surface area contributed by atoms with Gasteiger partial charge in [-0.15, -0.1) is 0 Å². The van der Waals surface area contributed by atoms with Crippen molar-refractivity contribution >= 4 is 22.4 Å². The van der Waals surface area contributed by atoms with Gasteiger partial charge in [-0.05, 0) is 43.0 Å². The van der Waals surface area contributed by atoms with Crippen LogP contribution in [0.5, 0.6) is 0 Å². The van der Waals surface area contributed by atoms with Crippen LogP contribution < -0.4 is 10.9 Å². The van der Waals surface area contributed by atoms with E-state index in [2.05, 4.69) is 21.5 Å². The largest absolute Gasteiger partial charge is 0.377 e. The van der Waals surface area contributed by atoms with Crippen LogP contribution in [0.3, 0.4) is 0 Å². The first kappa shape index (κ1) is 20.9. The molecule has 1 saturated carbocycles. The van der Waals surface area contributed by atoms with Crippen molar-refractivity contribution in [3.05, 3.63) is 52.4 Å². The zero-order chi connectivity index (χ0) is 22.2. The minimum absolute atomic E-state index is 0.155. The molecule has 2 heterocycles. The Morgan fingerprint density at radius 3 is 2.71 bits per heavy atom. The average molecular weight is 431 g/mol. The molecule has 3 unspecified atom stereocenters. The van der Waals surface area contributed by atoms with Gasteiger partial charge in [0.25, 0.3) is 12.0 Å². The summed E-state index contributed by atoms with van der Waals surface area (Å²) in [5, 5.41) is 27.2. The fraction of sp³-hybridized carbons (Fsp3) is 0.381. The number of fused-ring (bicyclic) bond motifs is 1. The van der Waals surface area contributed by atoms with Gasteiger partial charge >= 0.3 is 0 Å². The first-order valence-corrected chi connectivity index (χ1v) is 9.82. The van der Waals surface area contributed by atoms with Crippen molar-refractivity contribution in [3.63, 3.8) is 0 Å². The summed E-state index contributed by atoms with van der Waals surface area (Å²) in [4.78, 5) is 15.1. The Morgan fingerprint density at radius 2 is 2.06 bits per heavy atom. The van der Waals surface area contributed by atoms with E-state index < -0.39 is 18.7 Å². The van der Waals surface area contributed by atoms with Crippen LogP contribution in [0.25, 0.3) is 10.9 Å². The molecule has 162 valence electrons. The topological polar surface area (TPSA) is 107 Å². The van der Waals surface area contributed by atoms with Crippen LogP contribution in [0.2, 0.25) is 0 Å². The van der Waals surface area contributed by atoms with E-state index in [4.69, 9.17) is 0 Å². The molecule has 0 radical (unpaired) electrons. The summed E-state index contributed by atoms with van der Waals surface area (Å²) in [6.07, 6.45) is 0.649. The van der Waals surface area contributed by atoms with Gasteiger partial charge in [0.15, 0.2) is 11.4 Å². The molecule has 1 aromatic carbocycles. The Hall–Kier alpha value is -3.32. The summed E-state index contributed by atoms with van der Waals surface area (Å²) in [6.45, 7) is -1.62. The summed E-state index contributed by atoms with van der Waals surface area (Å²) < 4.78 is 40.9. The molecule has 31 heavy (non-hydrogen) atoms. The van der Waals surface area contributed by atoms with Crippen molar-refractivity contribution in [2.75, 3.05) is 12.0 Å². The summed E-state index contributed by atoms with van der Waals surface area (Å²) in [5.41, 5.74) is -2.50. The zero-order valence-electron chi connectivity index (χ0n) is 16.4. The molecule has 1 fully saturated rings. The molecule has 7 nitrogen and oxygen atoms in total. The number of alkyl halides is 3. The highest BCUT2D eigenvalue weighted by Crippen LogP contribution is 2.38. The van der Waals surface area contributed by atoms with Crippen LogP contribution >= 0.6 is 0 Å². The molecular formula is C21H20F3N5O2. The molecule has 1 aliphatic rings. The number of rotatable bonds is 6. The maximum atomic E-state index is 13.1. The van der Waals surface area contributed by atoms with Gasteiger partial charge in [-0.3, -0.25) is 9.48 Å². The second kappa shape index (κ2) is 8.07. The van der Waals surface area contributed by atoms with E-state index in [1.54, 1.807) is 10.7 Å². The number of halogens is 3. The summed E-state index contributed by atoms with van der Waals surface area (Å²) in [6, 6.07) is 9.05. The molecule has 4 rings (SSSR count). The number of nitrogens with one attached hydrogen (secondary N) is 2. The lowest BCUT2D eigenvalue weighted by atomic mass is 9.95. The van der Waals surface area contributed by atoms with Crippen LogP contribution in [0.4, 0.5) is 24.7 Å². The van der Waals surface area contributed by atoms with E-state index >= 15 is 0 Å². The van der Waals surface area contributed by atoms with Gasteiger partial charge in [-0.1, -0.05) is 12.1 Å². The van der Waals surface area contributed by atoms with Gasteiger partial charge < -0.3 is 15.4 Å². The number of aliphatic hydroxyl groups is 1. The highest BCUT2D eigenvalue weighted by atomic mass is 19.3. The lowest BCUT2D eigenvalue weighted by molar-refractivity contribution is -0.114. The van der Waals surface area contributed by atoms with E-state index in [0.29, 0.717) is 16.6 Å². The standard InChI is InChI=1S/C21H20F3N5O2/c22-11-21(31,20(23)24)13-4-6-14(7-5-13)27-18-17-16(8-9-26-19(17)30)29(28-18)15-3-1-2-12(15)10-25/h4-9,12,15,20,31H,1-3,11H2,(H,26,30)(H,27,28). The molecule has 3 atom stereocenters. The number of aromatic amines is 1. The van der Waals surface area contributed by atoms with E-state index in [-0.39, 0.29) is 28.9 Å². The number of pyridine rings is 1. The molecule has 3 N–H and O–H groups in total. The highest BCUT2D eigenvalue weighted by molar-refractivity contribution is 5.91. The maximum absolute atomic E-state index is 13.1. The first-order valence-electron chi connectivity index (χ1n) is 9.82. The molecular weight excluding hydrogens is 411 g/mol. The molecule has 3 aromatic rings. The Labute approximate surface area is 175 Å². The number of anilines is 2. The van der Waals surface area contributed by atoms with E-state index in [1.165, 1.54) is 30.5 Å². The quantitative estimate of drug-likeness (QED) is 0.551. The minimum Gasteiger partial charge on any atom is -0.377 e. The number of hydrogen-bond donors (Lipinski definition) is 3. The van der Waals surface area contributed by atoms with Crippen LogP contribution in [0, 0.1) is 17.2 Å². The highest BCUT2D eigenvalue weighted by Gasteiger charge is 2.40. The number of benzene rings is 1. The predicted octanol–water partition coefficient (Wildman–Crippen LogP) is 3.76. The first-order chi connectivity index (χ1) is 14.9. The van der Waals surface area contributed by atoms with Crippen LogP contribution in [0.15, 0.2) is 41.3 Å². The molecule has 0 saturated heterocycles.